The van der Waals surface area contributed by atoms with Crippen LogP contribution in [0.5, 0.6) is 0 Å². The Kier molecular flexibility index (Phi) is 8.53. The van der Waals surface area contributed by atoms with Gasteiger partial charge < -0.3 is 9.47 Å². The normalized spacial score (nSPS) is 11.5. The van der Waals surface area contributed by atoms with E-state index < -0.39 is 0 Å². The van der Waals surface area contributed by atoms with Crippen molar-refractivity contribution in [2.45, 2.75) is 0 Å². The molecule has 2 nitrogen and oxygen atoms in total. The first kappa shape index (κ1) is 35.7. The molecule has 0 spiro atoms. The summed E-state index contributed by atoms with van der Waals surface area (Å²) < 4.78 is 2.44. The molecule has 0 aliphatic rings. The molecule has 0 unspecified atom stereocenters. The van der Waals surface area contributed by atoms with Gasteiger partial charge in [0, 0.05) is 33.0 Å². The average Bonchev–Trinajstić information content (AvgIpc) is 3.67. The summed E-state index contributed by atoms with van der Waals surface area (Å²) in [5.74, 6) is 0. The van der Waals surface area contributed by atoms with Crippen molar-refractivity contribution < 1.29 is 0 Å². The number of para-hydroxylation sites is 3. The highest BCUT2D eigenvalue weighted by Gasteiger charge is 2.23. The molecule has 11 aromatic carbocycles. The molecule has 0 radical (unpaired) electrons. The molecule has 2 heteroatoms. The van der Waals surface area contributed by atoms with Crippen LogP contribution >= 0.6 is 0 Å². The van der Waals surface area contributed by atoms with E-state index in [2.05, 4.69) is 252 Å². The van der Waals surface area contributed by atoms with Gasteiger partial charge in [-0.3, -0.25) is 0 Å². The quantitative estimate of drug-likeness (QED) is 0.156. The van der Waals surface area contributed by atoms with Gasteiger partial charge in [-0.2, -0.15) is 0 Å². The molecule has 12 aromatic rings. The molecule has 62 heavy (non-hydrogen) atoms. The number of hydrogen-bond acceptors (Lipinski definition) is 1. The van der Waals surface area contributed by atoms with Crippen LogP contribution in [0.2, 0.25) is 0 Å². The summed E-state index contributed by atoms with van der Waals surface area (Å²) in [7, 11) is 0. The first-order valence-corrected chi connectivity index (χ1v) is 21.3. The van der Waals surface area contributed by atoms with Crippen molar-refractivity contribution in [1.29, 1.82) is 0 Å². The van der Waals surface area contributed by atoms with Crippen molar-refractivity contribution in [3.63, 3.8) is 0 Å². The number of nitrogens with zero attached hydrogens (tertiary/aromatic N) is 2. The van der Waals surface area contributed by atoms with Gasteiger partial charge in [-0.15, -0.1) is 0 Å². The maximum atomic E-state index is 2.49. The summed E-state index contributed by atoms with van der Waals surface area (Å²) >= 11 is 0. The van der Waals surface area contributed by atoms with Gasteiger partial charge in [0.05, 0.1) is 28.1 Å². The lowest BCUT2D eigenvalue weighted by molar-refractivity contribution is 1.18. The van der Waals surface area contributed by atoms with E-state index in [4.69, 9.17) is 0 Å². The summed E-state index contributed by atoms with van der Waals surface area (Å²) in [6.45, 7) is 0. The third-order valence-electron chi connectivity index (χ3n) is 12.5. The zero-order valence-corrected chi connectivity index (χ0v) is 34.0. The second kappa shape index (κ2) is 14.8. The summed E-state index contributed by atoms with van der Waals surface area (Å²) in [6, 6.07) is 88.7. The largest absolute Gasteiger partial charge is 0.309 e. The smallest absolute Gasteiger partial charge is 0.0547 e. The topological polar surface area (TPSA) is 8.17 Å². The van der Waals surface area contributed by atoms with Crippen molar-refractivity contribution in [3.8, 4) is 39.1 Å². The molecule has 0 fully saturated rings. The highest BCUT2D eigenvalue weighted by Crippen LogP contribution is 2.48. The monoisotopic (exact) mass is 788 g/mol. The van der Waals surface area contributed by atoms with Gasteiger partial charge in [0.15, 0.2) is 0 Å². The second-order valence-electron chi connectivity index (χ2n) is 16.1. The van der Waals surface area contributed by atoms with Crippen LogP contribution in [0.25, 0.3) is 93.2 Å². The Balaban J connectivity index is 1.08. The van der Waals surface area contributed by atoms with Crippen molar-refractivity contribution in [3.05, 3.63) is 243 Å². The van der Waals surface area contributed by atoms with Crippen LogP contribution < -0.4 is 4.90 Å². The predicted molar refractivity (Wildman–Crippen MR) is 264 cm³/mol. The molecule has 0 atom stereocenters. The van der Waals surface area contributed by atoms with Gasteiger partial charge >= 0.3 is 0 Å². The van der Waals surface area contributed by atoms with Gasteiger partial charge in [0.2, 0.25) is 0 Å². The molecular weight excluding hydrogens is 749 g/mol. The van der Waals surface area contributed by atoms with E-state index in [-0.39, 0.29) is 0 Å². The van der Waals surface area contributed by atoms with Gasteiger partial charge in [0.1, 0.15) is 0 Å². The van der Waals surface area contributed by atoms with Crippen LogP contribution in [-0.2, 0) is 0 Å². The van der Waals surface area contributed by atoms with Crippen LogP contribution in [0.1, 0.15) is 0 Å². The molecule has 0 saturated heterocycles. The Morgan fingerprint density at radius 3 is 1.60 bits per heavy atom. The van der Waals surface area contributed by atoms with Gasteiger partial charge in [0.25, 0.3) is 0 Å². The molecule has 0 amide bonds. The van der Waals surface area contributed by atoms with Crippen LogP contribution in [0.4, 0.5) is 17.1 Å². The third-order valence-corrected chi connectivity index (χ3v) is 12.5. The maximum Gasteiger partial charge on any atom is 0.0547 e. The maximum absolute atomic E-state index is 2.49. The average molecular weight is 789 g/mol. The minimum atomic E-state index is 1.10. The zero-order valence-electron chi connectivity index (χ0n) is 34.0. The van der Waals surface area contributed by atoms with E-state index in [1.54, 1.807) is 0 Å². The summed E-state index contributed by atoms with van der Waals surface area (Å²) in [5.41, 5.74) is 13.9. The van der Waals surface area contributed by atoms with Crippen LogP contribution in [0, 0.1) is 0 Å². The van der Waals surface area contributed by atoms with Crippen molar-refractivity contribution >= 4 is 71.2 Å². The minimum absolute atomic E-state index is 1.10. The molecule has 0 aliphatic heterocycles. The molecule has 12 rings (SSSR count). The van der Waals surface area contributed by atoms with E-state index in [9.17, 15) is 0 Å². The highest BCUT2D eigenvalue weighted by atomic mass is 15.1. The first-order valence-electron chi connectivity index (χ1n) is 21.3. The van der Waals surface area contributed by atoms with Crippen LogP contribution in [0.15, 0.2) is 243 Å². The molecule has 0 N–H and O–H groups in total. The first-order chi connectivity index (χ1) is 30.8. The fourth-order valence-electron chi connectivity index (χ4n) is 9.67. The van der Waals surface area contributed by atoms with Crippen LogP contribution in [0.3, 0.4) is 0 Å². The Morgan fingerprint density at radius 2 is 0.823 bits per heavy atom. The molecule has 0 bridgehead atoms. The van der Waals surface area contributed by atoms with Crippen molar-refractivity contribution in [2.24, 2.45) is 0 Å². The summed E-state index contributed by atoms with van der Waals surface area (Å²) in [6.07, 6.45) is 0. The molecule has 0 aliphatic carbocycles. The number of rotatable bonds is 7. The number of aromatic nitrogens is 1. The third kappa shape index (κ3) is 5.96. The lowest BCUT2D eigenvalue weighted by Gasteiger charge is -2.31. The molecule has 0 saturated carbocycles. The lowest BCUT2D eigenvalue weighted by Crippen LogP contribution is -2.13. The van der Waals surface area contributed by atoms with Crippen molar-refractivity contribution in [1.82, 2.24) is 4.57 Å². The Labute approximate surface area is 360 Å². The Bertz CT molecular complexity index is 3650. The molecular formula is C60H40N2. The second-order valence-corrected chi connectivity index (χ2v) is 16.1. The summed E-state index contributed by atoms with van der Waals surface area (Å²) in [5, 5.41) is 9.86. The Hall–Kier alpha value is -8.20. The SMILES string of the molecule is c1ccc(-c2ccccc2N(c2ccccc2-c2cccc(-n3c4ccccc4c4cc5ccccc5cc43)c2)c2ccc(-c3ccc4ccccc4c3)c3ccccc23)cc1. The summed E-state index contributed by atoms with van der Waals surface area (Å²) in [4.78, 5) is 2.49. The number of benzene rings is 11. The number of fused-ring (bicyclic) bond motifs is 6. The fourth-order valence-corrected chi connectivity index (χ4v) is 9.67. The van der Waals surface area contributed by atoms with Gasteiger partial charge in [-0.05, 0) is 104 Å². The van der Waals surface area contributed by atoms with Gasteiger partial charge in [-0.1, -0.05) is 188 Å². The van der Waals surface area contributed by atoms with E-state index in [1.165, 1.54) is 70.8 Å². The van der Waals surface area contributed by atoms with Gasteiger partial charge in [-0.25, -0.2) is 0 Å². The number of hydrogen-bond donors (Lipinski definition) is 0. The fraction of sp³-hybridized carbons (Fsp3) is 0. The Morgan fingerprint density at radius 1 is 0.258 bits per heavy atom. The van der Waals surface area contributed by atoms with Crippen LogP contribution in [-0.4, -0.2) is 4.57 Å². The number of anilines is 3. The van der Waals surface area contributed by atoms with E-state index in [1.807, 2.05) is 0 Å². The molecule has 1 aromatic heterocycles. The van der Waals surface area contributed by atoms with Crippen molar-refractivity contribution in [2.75, 3.05) is 4.90 Å². The van der Waals surface area contributed by atoms with E-state index >= 15 is 0 Å². The van der Waals surface area contributed by atoms with E-state index in [0.29, 0.717) is 0 Å². The zero-order chi connectivity index (χ0) is 41.0. The molecule has 290 valence electrons. The standard InChI is InChI=1S/C60H40N2/c1-2-18-42(19-3-1)50-25-10-13-30-56(50)62(59-36-35-49(52-27-8-9-28-53(52)59)47-34-33-41-17-4-5-20-43(41)37-47)57-31-14-11-26-51(57)46-23-16-24-48(38-46)61-58-32-15-12-29-54(58)55-39-44-21-6-7-22-45(44)40-60(55)61/h1-40H. The van der Waals surface area contributed by atoms with E-state index in [0.717, 1.165) is 39.4 Å². The predicted octanol–water partition coefficient (Wildman–Crippen LogP) is 16.7. The minimum Gasteiger partial charge on any atom is -0.309 e. The lowest BCUT2D eigenvalue weighted by atomic mass is 9.93. The highest BCUT2D eigenvalue weighted by molar-refractivity contribution is 6.14. The molecule has 1 heterocycles.